The SMILES string of the molecule is CCc1ccc(CC)c([SiH](O[SiH](c2c(CC)ccc(CC)c2CC)c2c(CC)ccc(CC)c2CC)c2c(CC)ccc(CC)c2CC)c1CC. The summed E-state index contributed by atoms with van der Waals surface area (Å²) >= 11 is 0. The van der Waals surface area contributed by atoms with Crippen molar-refractivity contribution in [3.8, 4) is 0 Å². The zero-order valence-corrected chi connectivity index (χ0v) is 37.0. The van der Waals surface area contributed by atoms with Crippen LogP contribution < -0.4 is 20.7 Å². The highest BCUT2D eigenvalue weighted by Crippen LogP contribution is 2.23. The number of hydrogen-bond acceptors (Lipinski definition) is 1. The van der Waals surface area contributed by atoms with E-state index in [0.717, 1.165) is 77.0 Å². The van der Waals surface area contributed by atoms with Gasteiger partial charge in [0.15, 0.2) is 0 Å². The van der Waals surface area contributed by atoms with Gasteiger partial charge >= 0.3 is 0 Å². The molecule has 51 heavy (non-hydrogen) atoms. The molecular formula is C48H70OSi2. The van der Waals surface area contributed by atoms with E-state index in [-0.39, 0.29) is 0 Å². The lowest BCUT2D eigenvalue weighted by molar-refractivity contribution is 0.628. The van der Waals surface area contributed by atoms with Crippen LogP contribution in [0.1, 0.15) is 150 Å². The molecule has 0 aliphatic carbocycles. The third kappa shape index (κ3) is 8.11. The van der Waals surface area contributed by atoms with Crippen LogP contribution in [-0.2, 0) is 81.2 Å². The van der Waals surface area contributed by atoms with E-state index in [1.54, 1.807) is 43.0 Å². The molecule has 0 saturated heterocycles. The van der Waals surface area contributed by atoms with E-state index in [1.165, 1.54) is 44.5 Å². The molecule has 0 radical (unpaired) electrons. The Morgan fingerprint density at radius 2 is 0.451 bits per heavy atom. The molecule has 0 atom stereocenters. The topological polar surface area (TPSA) is 9.23 Å². The Morgan fingerprint density at radius 3 is 0.608 bits per heavy atom. The Kier molecular flexibility index (Phi) is 15.6. The summed E-state index contributed by atoms with van der Waals surface area (Å²) in [5, 5.41) is 6.44. The highest BCUT2D eigenvalue weighted by Gasteiger charge is 2.37. The van der Waals surface area contributed by atoms with Crippen molar-refractivity contribution in [3.63, 3.8) is 0 Å². The van der Waals surface area contributed by atoms with Crippen LogP contribution in [0.3, 0.4) is 0 Å². The Bertz CT molecular complexity index is 1510. The van der Waals surface area contributed by atoms with Crippen molar-refractivity contribution < 1.29 is 4.12 Å². The van der Waals surface area contributed by atoms with Crippen LogP contribution in [0.25, 0.3) is 0 Å². The van der Waals surface area contributed by atoms with Gasteiger partial charge in [0, 0.05) is 0 Å². The average molecular weight is 719 g/mol. The molecule has 0 heterocycles. The molecule has 1 nitrogen and oxygen atoms in total. The summed E-state index contributed by atoms with van der Waals surface area (Å²) < 4.78 is 8.61. The molecule has 0 aliphatic heterocycles. The van der Waals surface area contributed by atoms with Crippen LogP contribution in [0.4, 0.5) is 0 Å². The molecule has 0 aromatic heterocycles. The maximum atomic E-state index is 8.61. The molecule has 4 aromatic rings. The van der Waals surface area contributed by atoms with E-state index >= 15 is 0 Å². The molecule has 3 heteroatoms. The minimum atomic E-state index is -2.27. The van der Waals surface area contributed by atoms with Gasteiger partial charge in [-0.15, -0.1) is 0 Å². The Morgan fingerprint density at radius 1 is 0.275 bits per heavy atom. The van der Waals surface area contributed by atoms with Crippen molar-refractivity contribution >= 4 is 38.8 Å². The van der Waals surface area contributed by atoms with E-state index < -0.39 is 18.1 Å². The van der Waals surface area contributed by atoms with Gasteiger partial charge in [-0.05, 0) is 165 Å². The molecule has 0 unspecified atom stereocenters. The van der Waals surface area contributed by atoms with E-state index in [2.05, 4.69) is 132 Å². The monoisotopic (exact) mass is 718 g/mol. The summed E-state index contributed by atoms with van der Waals surface area (Å²) in [5.41, 5.74) is 18.4. The van der Waals surface area contributed by atoms with Crippen molar-refractivity contribution in [2.24, 2.45) is 0 Å². The first-order valence-electron chi connectivity index (χ1n) is 21.0. The summed E-state index contributed by atoms with van der Waals surface area (Å²) in [6.45, 7) is 28.5. The second-order valence-corrected chi connectivity index (χ2v) is 19.2. The summed E-state index contributed by atoms with van der Waals surface area (Å²) in [6.07, 6.45) is 12.6. The molecular weight excluding hydrogens is 649 g/mol. The smallest absolute Gasteiger partial charge is 0.229 e. The largest absolute Gasteiger partial charge is 0.446 e. The van der Waals surface area contributed by atoms with Gasteiger partial charge in [-0.2, -0.15) is 0 Å². The third-order valence-electron chi connectivity index (χ3n) is 12.0. The van der Waals surface area contributed by atoms with E-state index in [9.17, 15) is 0 Å². The number of aryl methyl sites for hydroxylation is 8. The number of benzene rings is 4. The summed E-state index contributed by atoms with van der Waals surface area (Å²) in [7, 11) is -4.55. The lowest BCUT2D eigenvalue weighted by Crippen LogP contribution is -2.61. The molecule has 0 bridgehead atoms. The Labute approximate surface area is 317 Å². The summed E-state index contributed by atoms with van der Waals surface area (Å²) in [5.74, 6) is 0. The molecule has 0 spiro atoms. The van der Waals surface area contributed by atoms with Crippen LogP contribution >= 0.6 is 0 Å². The van der Waals surface area contributed by atoms with Crippen LogP contribution in [0.5, 0.6) is 0 Å². The van der Waals surface area contributed by atoms with Gasteiger partial charge in [0.2, 0.25) is 18.1 Å². The molecule has 0 amide bonds. The fourth-order valence-corrected chi connectivity index (χ4v) is 18.5. The Balaban J connectivity index is 2.31. The average Bonchev–Trinajstić information content (AvgIpc) is 3.18. The first-order valence-corrected chi connectivity index (χ1v) is 24.2. The number of hydrogen-bond donors (Lipinski definition) is 0. The van der Waals surface area contributed by atoms with Gasteiger partial charge in [-0.25, -0.2) is 0 Å². The molecule has 4 rings (SSSR count). The van der Waals surface area contributed by atoms with Gasteiger partial charge in [-0.3, -0.25) is 0 Å². The van der Waals surface area contributed by atoms with Crippen molar-refractivity contribution in [2.75, 3.05) is 0 Å². The van der Waals surface area contributed by atoms with Crippen molar-refractivity contribution in [1.82, 2.24) is 0 Å². The second-order valence-electron chi connectivity index (χ2n) is 14.2. The standard InChI is InChI=1S/C48H70OSi2/c1-13-33-25-29-37(17-5)45(41(33)21-9)50(46-38(18-6)30-26-34(14-2)42(46)22-10)49-51(47-39(19-7)31-27-35(15-3)43(47)23-11)48-40(20-8)32-28-36(16-4)44(48)24-12/h25-32,50-51H,13-24H2,1-12H3. The summed E-state index contributed by atoms with van der Waals surface area (Å²) in [6, 6.07) is 19.7. The molecule has 0 fully saturated rings. The van der Waals surface area contributed by atoms with Gasteiger partial charge in [-0.1, -0.05) is 132 Å². The predicted molar refractivity (Wildman–Crippen MR) is 232 cm³/mol. The quantitative estimate of drug-likeness (QED) is 0.0935. The lowest BCUT2D eigenvalue weighted by Gasteiger charge is -2.35. The highest BCUT2D eigenvalue weighted by molar-refractivity contribution is 6.93. The van der Waals surface area contributed by atoms with Crippen LogP contribution in [0.15, 0.2) is 48.5 Å². The van der Waals surface area contributed by atoms with Crippen LogP contribution in [0.2, 0.25) is 0 Å². The van der Waals surface area contributed by atoms with E-state index in [4.69, 9.17) is 4.12 Å². The zero-order chi connectivity index (χ0) is 37.2. The van der Waals surface area contributed by atoms with Gasteiger partial charge < -0.3 is 4.12 Å². The van der Waals surface area contributed by atoms with Crippen LogP contribution in [-0.4, -0.2) is 18.1 Å². The highest BCUT2D eigenvalue weighted by atomic mass is 28.4. The normalized spacial score (nSPS) is 11.7. The zero-order valence-electron chi connectivity index (χ0n) is 34.7. The minimum absolute atomic E-state index is 1.04. The van der Waals surface area contributed by atoms with Gasteiger partial charge in [0.1, 0.15) is 0 Å². The minimum Gasteiger partial charge on any atom is -0.446 e. The molecule has 0 aliphatic rings. The fourth-order valence-electron chi connectivity index (χ4n) is 9.27. The second kappa shape index (κ2) is 19.4. The Hall–Kier alpha value is -2.73. The van der Waals surface area contributed by atoms with Crippen molar-refractivity contribution in [1.29, 1.82) is 0 Å². The van der Waals surface area contributed by atoms with Gasteiger partial charge in [0.05, 0.1) is 0 Å². The summed E-state index contributed by atoms with van der Waals surface area (Å²) in [4.78, 5) is 0. The fraction of sp³-hybridized carbons (Fsp3) is 0.500. The first kappa shape index (κ1) is 41.0. The maximum Gasteiger partial charge on any atom is 0.229 e. The molecule has 0 saturated carbocycles. The first-order chi connectivity index (χ1) is 24.8. The van der Waals surface area contributed by atoms with Crippen molar-refractivity contribution in [3.05, 3.63) is 115 Å². The maximum absolute atomic E-state index is 8.61. The molecule has 4 aromatic carbocycles. The molecule has 276 valence electrons. The number of rotatable bonds is 18. The van der Waals surface area contributed by atoms with E-state index in [0.29, 0.717) is 0 Å². The third-order valence-corrected chi connectivity index (χ3v) is 19.1. The molecule has 0 N–H and O–H groups in total. The van der Waals surface area contributed by atoms with Gasteiger partial charge in [0.25, 0.3) is 0 Å². The predicted octanol–water partition coefficient (Wildman–Crippen LogP) is 8.83. The lowest BCUT2D eigenvalue weighted by atomic mass is 9.98. The van der Waals surface area contributed by atoms with Crippen molar-refractivity contribution in [2.45, 2.75) is 160 Å². The van der Waals surface area contributed by atoms with Crippen LogP contribution in [0, 0.1) is 0 Å². The van der Waals surface area contributed by atoms with E-state index in [1.807, 2.05) is 0 Å².